The number of nitrogens with zero attached hydrogens (tertiary/aromatic N) is 2. The molecule has 0 aromatic rings. The summed E-state index contributed by atoms with van der Waals surface area (Å²) in [6.45, 7) is 10.2. The molecule has 4 nitrogen and oxygen atoms in total. The molecule has 2 aliphatic heterocycles. The van der Waals surface area contributed by atoms with Crippen LogP contribution in [0.3, 0.4) is 0 Å². The van der Waals surface area contributed by atoms with E-state index in [0.29, 0.717) is 12.1 Å². The maximum Gasteiger partial charge on any atom is 0.0708 e. The molecule has 0 bridgehead atoms. The zero-order chi connectivity index (χ0) is 12.3. The highest BCUT2D eigenvalue weighted by Crippen LogP contribution is 2.19. The van der Waals surface area contributed by atoms with Crippen molar-refractivity contribution in [1.29, 1.82) is 0 Å². The number of morpholine rings is 1. The van der Waals surface area contributed by atoms with Gasteiger partial charge in [0.15, 0.2) is 0 Å². The molecule has 100 valence electrons. The van der Waals surface area contributed by atoms with E-state index in [2.05, 4.69) is 23.6 Å². The molecule has 2 rings (SSSR count). The number of hydrogen-bond acceptors (Lipinski definition) is 4. The van der Waals surface area contributed by atoms with Gasteiger partial charge in [-0.3, -0.25) is 4.90 Å². The SMILES string of the molecule is CC(C)N1CC[C@H](O)[C@@H](N2CCOCC2)CC1. The van der Waals surface area contributed by atoms with Gasteiger partial charge in [-0.1, -0.05) is 0 Å². The molecule has 0 unspecified atom stereocenters. The van der Waals surface area contributed by atoms with Crippen molar-refractivity contribution in [3.8, 4) is 0 Å². The lowest BCUT2D eigenvalue weighted by atomic mass is 10.0. The molecule has 0 aromatic carbocycles. The molecule has 2 fully saturated rings. The average Bonchev–Trinajstić information content (AvgIpc) is 2.52. The highest BCUT2D eigenvalue weighted by Gasteiger charge is 2.30. The Morgan fingerprint density at radius 1 is 1.06 bits per heavy atom. The van der Waals surface area contributed by atoms with E-state index in [-0.39, 0.29) is 6.10 Å². The molecule has 4 heteroatoms. The molecular weight excluding hydrogens is 216 g/mol. The molecule has 0 aromatic heterocycles. The van der Waals surface area contributed by atoms with Crippen molar-refractivity contribution in [2.75, 3.05) is 39.4 Å². The van der Waals surface area contributed by atoms with Gasteiger partial charge in [0.1, 0.15) is 0 Å². The largest absolute Gasteiger partial charge is 0.391 e. The van der Waals surface area contributed by atoms with E-state index in [1.165, 1.54) is 0 Å². The van der Waals surface area contributed by atoms with Gasteiger partial charge >= 0.3 is 0 Å². The number of aliphatic hydroxyl groups excluding tert-OH is 1. The summed E-state index contributed by atoms with van der Waals surface area (Å²) in [5.74, 6) is 0. The third kappa shape index (κ3) is 3.41. The van der Waals surface area contributed by atoms with Crippen LogP contribution < -0.4 is 0 Å². The molecule has 2 saturated heterocycles. The van der Waals surface area contributed by atoms with E-state index in [4.69, 9.17) is 4.74 Å². The lowest BCUT2D eigenvalue weighted by Gasteiger charge is -2.36. The van der Waals surface area contributed by atoms with Gasteiger partial charge in [-0.2, -0.15) is 0 Å². The predicted octanol–water partition coefficient (Wildman–Crippen LogP) is 0.552. The Morgan fingerprint density at radius 2 is 1.71 bits per heavy atom. The van der Waals surface area contributed by atoms with Crippen LogP contribution >= 0.6 is 0 Å². The van der Waals surface area contributed by atoms with Crippen LogP contribution in [0.1, 0.15) is 26.7 Å². The normalized spacial score (nSPS) is 33.9. The van der Waals surface area contributed by atoms with Crippen LogP contribution in [0.2, 0.25) is 0 Å². The third-order valence-electron chi connectivity index (χ3n) is 4.11. The van der Waals surface area contributed by atoms with Crippen molar-refractivity contribution >= 4 is 0 Å². The van der Waals surface area contributed by atoms with Crippen LogP contribution in [-0.4, -0.2) is 72.5 Å². The van der Waals surface area contributed by atoms with Gasteiger partial charge in [-0.25, -0.2) is 0 Å². The first-order valence-corrected chi connectivity index (χ1v) is 6.92. The third-order valence-corrected chi connectivity index (χ3v) is 4.11. The molecule has 0 amide bonds. The van der Waals surface area contributed by atoms with Gasteiger partial charge in [0.25, 0.3) is 0 Å². The Labute approximate surface area is 105 Å². The quantitative estimate of drug-likeness (QED) is 0.767. The fourth-order valence-corrected chi connectivity index (χ4v) is 2.94. The van der Waals surface area contributed by atoms with Crippen molar-refractivity contribution in [3.63, 3.8) is 0 Å². The molecule has 0 radical (unpaired) electrons. The highest BCUT2D eigenvalue weighted by atomic mass is 16.5. The van der Waals surface area contributed by atoms with Gasteiger partial charge in [-0.05, 0) is 33.2 Å². The van der Waals surface area contributed by atoms with Crippen LogP contribution in [-0.2, 0) is 4.74 Å². The second-order valence-electron chi connectivity index (χ2n) is 5.49. The fourth-order valence-electron chi connectivity index (χ4n) is 2.94. The van der Waals surface area contributed by atoms with Crippen LogP contribution in [0.25, 0.3) is 0 Å². The van der Waals surface area contributed by atoms with Crippen LogP contribution in [0, 0.1) is 0 Å². The maximum absolute atomic E-state index is 10.3. The zero-order valence-corrected chi connectivity index (χ0v) is 11.1. The van der Waals surface area contributed by atoms with E-state index < -0.39 is 0 Å². The number of likely N-dealkylation sites (tertiary alicyclic amines) is 1. The molecule has 1 N–H and O–H groups in total. The molecule has 0 aliphatic carbocycles. The number of rotatable bonds is 2. The summed E-state index contributed by atoms with van der Waals surface area (Å²) in [5, 5.41) is 10.3. The van der Waals surface area contributed by atoms with Crippen molar-refractivity contribution < 1.29 is 9.84 Å². The lowest BCUT2D eigenvalue weighted by molar-refractivity contribution is -0.0222. The lowest BCUT2D eigenvalue weighted by Crippen LogP contribution is -2.49. The van der Waals surface area contributed by atoms with Gasteiger partial charge in [0, 0.05) is 31.7 Å². The predicted molar refractivity (Wildman–Crippen MR) is 68.1 cm³/mol. The zero-order valence-electron chi connectivity index (χ0n) is 11.1. The summed E-state index contributed by atoms with van der Waals surface area (Å²) in [4.78, 5) is 4.89. The number of hydrogen-bond donors (Lipinski definition) is 1. The van der Waals surface area contributed by atoms with Crippen LogP contribution in [0.15, 0.2) is 0 Å². The second-order valence-corrected chi connectivity index (χ2v) is 5.49. The Balaban J connectivity index is 1.92. The Kier molecular flexibility index (Phi) is 4.79. The monoisotopic (exact) mass is 242 g/mol. The van der Waals surface area contributed by atoms with Crippen molar-refractivity contribution in [3.05, 3.63) is 0 Å². The minimum absolute atomic E-state index is 0.170. The van der Waals surface area contributed by atoms with Crippen molar-refractivity contribution in [2.45, 2.75) is 44.9 Å². The van der Waals surface area contributed by atoms with Crippen LogP contribution in [0.4, 0.5) is 0 Å². The summed E-state index contributed by atoms with van der Waals surface area (Å²) in [6, 6.07) is 0.924. The summed E-state index contributed by atoms with van der Waals surface area (Å²) in [6.07, 6.45) is 1.82. The first kappa shape index (κ1) is 13.3. The average molecular weight is 242 g/mol. The standard InChI is InChI=1S/C13H26N2O2/c1-11(2)14-5-3-12(13(16)4-6-14)15-7-9-17-10-8-15/h11-13,16H,3-10H2,1-2H3/t12-,13-/m0/s1. The first-order valence-electron chi connectivity index (χ1n) is 6.92. The van der Waals surface area contributed by atoms with Crippen LogP contribution in [0.5, 0.6) is 0 Å². The Bertz CT molecular complexity index is 229. The topological polar surface area (TPSA) is 35.9 Å². The first-order chi connectivity index (χ1) is 8.18. The van der Waals surface area contributed by atoms with Gasteiger partial charge in [0.2, 0.25) is 0 Å². The van der Waals surface area contributed by atoms with E-state index in [0.717, 1.165) is 52.2 Å². The van der Waals surface area contributed by atoms with E-state index in [1.807, 2.05) is 0 Å². The van der Waals surface area contributed by atoms with E-state index in [9.17, 15) is 5.11 Å². The molecular formula is C13H26N2O2. The van der Waals surface area contributed by atoms with E-state index >= 15 is 0 Å². The maximum atomic E-state index is 10.3. The summed E-state index contributed by atoms with van der Waals surface area (Å²) < 4.78 is 5.38. The Morgan fingerprint density at radius 3 is 2.35 bits per heavy atom. The summed E-state index contributed by atoms with van der Waals surface area (Å²) >= 11 is 0. The second kappa shape index (κ2) is 6.14. The van der Waals surface area contributed by atoms with Gasteiger partial charge in [-0.15, -0.1) is 0 Å². The fraction of sp³-hybridized carbons (Fsp3) is 1.00. The Hall–Kier alpha value is -0.160. The molecule has 2 heterocycles. The smallest absolute Gasteiger partial charge is 0.0708 e. The van der Waals surface area contributed by atoms with E-state index in [1.54, 1.807) is 0 Å². The van der Waals surface area contributed by atoms with Crippen molar-refractivity contribution in [1.82, 2.24) is 9.80 Å². The number of ether oxygens (including phenoxy) is 1. The number of aliphatic hydroxyl groups is 1. The molecule has 2 aliphatic rings. The minimum atomic E-state index is -0.170. The summed E-state index contributed by atoms with van der Waals surface area (Å²) in [7, 11) is 0. The van der Waals surface area contributed by atoms with Gasteiger partial charge in [0.05, 0.1) is 19.3 Å². The van der Waals surface area contributed by atoms with Gasteiger partial charge < -0.3 is 14.7 Å². The molecule has 2 atom stereocenters. The molecule has 0 saturated carbocycles. The van der Waals surface area contributed by atoms with Crippen molar-refractivity contribution in [2.24, 2.45) is 0 Å². The molecule has 17 heavy (non-hydrogen) atoms. The highest BCUT2D eigenvalue weighted by molar-refractivity contribution is 4.85. The molecule has 0 spiro atoms. The minimum Gasteiger partial charge on any atom is -0.391 e. The summed E-state index contributed by atoms with van der Waals surface area (Å²) in [5.41, 5.74) is 0.